The van der Waals surface area contributed by atoms with E-state index in [4.69, 9.17) is 4.42 Å². The Balaban J connectivity index is 3.14. The number of carbonyl (C=O) groups is 1. The lowest BCUT2D eigenvalue weighted by molar-refractivity contribution is 0.101. The van der Waals surface area contributed by atoms with Crippen molar-refractivity contribution >= 4 is 16.6 Å². The van der Waals surface area contributed by atoms with Crippen molar-refractivity contribution in [1.29, 1.82) is 0 Å². The van der Waals surface area contributed by atoms with E-state index in [1.807, 2.05) is 0 Å². The second kappa shape index (κ2) is 3.62. The maximum Gasteiger partial charge on any atom is 0.347 e. The van der Waals surface area contributed by atoms with Crippen molar-refractivity contribution in [2.45, 2.75) is 13.8 Å². The maximum atomic E-state index is 11.5. The van der Waals surface area contributed by atoms with E-state index < -0.39 is 11.4 Å². The van der Waals surface area contributed by atoms with Crippen molar-refractivity contribution < 1.29 is 19.4 Å². The number of aromatic hydroxyl groups is 2. The molecule has 2 rings (SSSR count). The summed E-state index contributed by atoms with van der Waals surface area (Å²) in [6.45, 7) is 2.87. The Morgan fingerprint density at radius 1 is 1.24 bits per heavy atom. The Kier molecular flexibility index (Phi) is 2.38. The van der Waals surface area contributed by atoms with Gasteiger partial charge in [0.15, 0.2) is 5.78 Å². The van der Waals surface area contributed by atoms with Gasteiger partial charge in [0.25, 0.3) is 0 Å². The summed E-state index contributed by atoms with van der Waals surface area (Å²) >= 11 is 0. The van der Waals surface area contributed by atoms with E-state index in [9.17, 15) is 19.8 Å². The average Bonchev–Trinajstić information content (AvgIpc) is 2.25. The van der Waals surface area contributed by atoms with Crippen molar-refractivity contribution in [3.63, 3.8) is 0 Å². The molecular weight excluding hydrogens is 224 g/mol. The van der Waals surface area contributed by atoms with Gasteiger partial charge in [0.1, 0.15) is 23.1 Å². The van der Waals surface area contributed by atoms with Crippen molar-refractivity contribution in [3.8, 4) is 11.5 Å². The highest BCUT2D eigenvalue weighted by Gasteiger charge is 2.18. The summed E-state index contributed by atoms with van der Waals surface area (Å²) in [6, 6.07) is 1.05. The van der Waals surface area contributed by atoms with E-state index in [0.717, 1.165) is 12.3 Å². The van der Waals surface area contributed by atoms with Gasteiger partial charge in [-0.2, -0.15) is 0 Å². The molecule has 2 N–H and O–H groups in total. The number of benzene rings is 1. The lowest BCUT2D eigenvalue weighted by Gasteiger charge is -2.08. The topological polar surface area (TPSA) is 87.7 Å². The van der Waals surface area contributed by atoms with E-state index in [1.165, 1.54) is 6.92 Å². The first-order valence-corrected chi connectivity index (χ1v) is 4.91. The van der Waals surface area contributed by atoms with Crippen LogP contribution < -0.4 is 5.63 Å². The fourth-order valence-electron chi connectivity index (χ4n) is 1.79. The van der Waals surface area contributed by atoms with E-state index in [1.54, 1.807) is 6.92 Å². The molecule has 5 heteroatoms. The molecule has 0 saturated carbocycles. The first-order valence-electron chi connectivity index (χ1n) is 4.91. The quantitative estimate of drug-likeness (QED) is 0.733. The van der Waals surface area contributed by atoms with Crippen LogP contribution in [0.4, 0.5) is 0 Å². The minimum absolute atomic E-state index is 0.0898. The Hall–Kier alpha value is -2.30. The fourth-order valence-corrected chi connectivity index (χ4v) is 1.79. The first-order chi connectivity index (χ1) is 7.93. The summed E-state index contributed by atoms with van der Waals surface area (Å²) in [4.78, 5) is 22.9. The highest BCUT2D eigenvalue weighted by Crippen LogP contribution is 2.34. The summed E-state index contributed by atoms with van der Waals surface area (Å²) in [7, 11) is 0. The molecule has 0 radical (unpaired) electrons. The molecule has 0 aliphatic heterocycles. The van der Waals surface area contributed by atoms with Gasteiger partial charge in [0.05, 0.1) is 5.56 Å². The molecule has 0 fully saturated rings. The Morgan fingerprint density at radius 2 is 1.88 bits per heavy atom. The largest absolute Gasteiger partial charge is 0.508 e. The lowest BCUT2D eigenvalue weighted by atomic mass is 9.99. The summed E-state index contributed by atoms with van der Waals surface area (Å²) in [6.07, 6.45) is 1.04. The fraction of sp³-hybridized carbons (Fsp3) is 0.167. The van der Waals surface area contributed by atoms with Gasteiger partial charge in [-0.3, -0.25) is 4.79 Å². The molecule has 0 bridgehead atoms. The van der Waals surface area contributed by atoms with Crippen LogP contribution in [0.3, 0.4) is 0 Å². The second-order valence-corrected chi connectivity index (χ2v) is 3.78. The van der Waals surface area contributed by atoms with Crippen LogP contribution in [0.15, 0.2) is 21.5 Å². The van der Waals surface area contributed by atoms with Crippen molar-refractivity contribution in [1.82, 2.24) is 0 Å². The predicted molar refractivity (Wildman–Crippen MR) is 60.6 cm³/mol. The van der Waals surface area contributed by atoms with Crippen LogP contribution in [-0.4, -0.2) is 16.0 Å². The summed E-state index contributed by atoms with van der Waals surface area (Å²) in [5.74, 6) is -0.894. The van der Waals surface area contributed by atoms with Crippen LogP contribution >= 0.6 is 0 Å². The van der Waals surface area contributed by atoms with Gasteiger partial charge in [-0.1, -0.05) is 0 Å². The van der Waals surface area contributed by atoms with Gasteiger partial charge in [-0.05, 0) is 19.4 Å². The van der Waals surface area contributed by atoms with E-state index in [0.29, 0.717) is 5.56 Å². The van der Waals surface area contributed by atoms with Crippen molar-refractivity contribution in [2.24, 2.45) is 0 Å². The Morgan fingerprint density at radius 3 is 2.47 bits per heavy atom. The highest BCUT2D eigenvalue weighted by molar-refractivity contribution is 6.09. The van der Waals surface area contributed by atoms with Gasteiger partial charge in [-0.25, -0.2) is 4.79 Å². The van der Waals surface area contributed by atoms with Crippen LogP contribution in [0, 0.1) is 6.92 Å². The average molecular weight is 234 g/mol. The number of hydrogen-bond donors (Lipinski definition) is 2. The molecule has 5 nitrogen and oxygen atoms in total. The highest BCUT2D eigenvalue weighted by atomic mass is 16.4. The minimum Gasteiger partial charge on any atom is -0.508 e. The normalized spacial score (nSPS) is 10.7. The maximum absolute atomic E-state index is 11.5. The number of hydrogen-bond acceptors (Lipinski definition) is 5. The monoisotopic (exact) mass is 234 g/mol. The molecule has 1 aromatic heterocycles. The van der Waals surface area contributed by atoms with E-state index in [-0.39, 0.29) is 27.9 Å². The second-order valence-electron chi connectivity index (χ2n) is 3.78. The number of fused-ring (bicyclic) bond motifs is 1. The molecule has 1 aromatic carbocycles. The number of ketones is 1. The smallest absolute Gasteiger partial charge is 0.347 e. The Labute approximate surface area is 95.9 Å². The zero-order valence-electron chi connectivity index (χ0n) is 9.27. The number of carbonyl (C=O) groups excluding carboxylic acids is 1. The predicted octanol–water partition coefficient (Wildman–Crippen LogP) is 1.72. The number of rotatable bonds is 1. The SMILES string of the molecule is CC(=O)c1coc(=O)c2c(O)cc(O)c(C)c12. The molecule has 0 aliphatic rings. The van der Waals surface area contributed by atoms with Crippen LogP contribution in [0.1, 0.15) is 22.8 Å². The molecule has 88 valence electrons. The minimum atomic E-state index is -0.745. The molecule has 0 saturated heterocycles. The third-order valence-electron chi connectivity index (χ3n) is 2.68. The van der Waals surface area contributed by atoms with Crippen LogP contribution in [-0.2, 0) is 0 Å². The first kappa shape index (κ1) is 11.2. The van der Waals surface area contributed by atoms with Crippen LogP contribution in [0.5, 0.6) is 11.5 Å². The van der Waals surface area contributed by atoms with Gasteiger partial charge in [0, 0.05) is 11.5 Å². The third-order valence-corrected chi connectivity index (χ3v) is 2.68. The Bertz CT molecular complexity index is 681. The van der Waals surface area contributed by atoms with Gasteiger partial charge in [0.2, 0.25) is 0 Å². The van der Waals surface area contributed by atoms with E-state index in [2.05, 4.69) is 0 Å². The molecule has 17 heavy (non-hydrogen) atoms. The van der Waals surface area contributed by atoms with Crippen LogP contribution in [0.2, 0.25) is 0 Å². The molecule has 0 unspecified atom stereocenters. The lowest BCUT2D eigenvalue weighted by Crippen LogP contribution is -2.05. The van der Waals surface area contributed by atoms with Gasteiger partial charge >= 0.3 is 5.63 Å². The third kappa shape index (κ3) is 1.56. The number of Topliss-reactive ketones (excluding diaryl/α,β-unsaturated/α-hetero) is 1. The summed E-state index contributed by atoms with van der Waals surface area (Å²) in [5, 5.41) is 19.4. The molecule has 0 spiro atoms. The number of aryl methyl sites for hydroxylation is 1. The number of phenols is 2. The zero-order valence-corrected chi connectivity index (χ0v) is 9.27. The zero-order chi connectivity index (χ0) is 12.7. The molecule has 0 atom stereocenters. The van der Waals surface area contributed by atoms with Crippen molar-refractivity contribution in [2.75, 3.05) is 0 Å². The number of phenolic OH excluding ortho intramolecular Hbond substituents is 2. The van der Waals surface area contributed by atoms with Gasteiger partial charge in [-0.15, -0.1) is 0 Å². The molecule has 2 aromatic rings. The van der Waals surface area contributed by atoms with E-state index >= 15 is 0 Å². The van der Waals surface area contributed by atoms with Crippen molar-refractivity contribution in [3.05, 3.63) is 33.9 Å². The van der Waals surface area contributed by atoms with Crippen LogP contribution in [0.25, 0.3) is 10.8 Å². The standard InChI is InChI=1S/C12H10O5/c1-5-8(14)3-9(15)11-10(5)7(6(2)13)4-17-12(11)16/h3-4,14-15H,1-2H3. The molecule has 0 amide bonds. The van der Waals surface area contributed by atoms with Gasteiger partial charge < -0.3 is 14.6 Å². The molecule has 0 aliphatic carbocycles. The molecule has 1 heterocycles. The molecular formula is C12H10O5. The summed E-state index contributed by atoms with van der Waals surface area (Å²) in [5.41, 5.74) is -0.232. The summed E-state index contributed by atoms with van der Waals surface area (Å²) < 4.78 is 4.69.